The molecule has 0 aliphatic carbocycles. The van der Waals surface area contributed by atoms with Crippen LogP contribution < -0.4 is 10.1 Å². The van der Waals surface area contributed by atoms with Crippen LogP contribution in [0.3, 0.4) is 0 Å². The molecule has 20 heavy (non-hydrogen) atoms. The summed E-state index contributed by atoms with van der Waals surface area (Å²) >= 11 is 10.3. The molecule has 0 saturated heterocycles. The molecule has 0 atom stereocenters. The quantitative estimate of drug-likeness (QED) is 0.705. The summed E-state index contributed by atoms with van der Waals surface area (Å²) in [7, 11) is 0. The Morgan fingerprint density at radius 3 is 2.70 bits per heavy atom. The monoisotopic (exact) mass is 463 g/mol. The van der Waals surface area contributed by atoms with Crippen molar-refractivity contribution in [1.29, 1.82) is 0 Å². The lowest BCUT2D eigenvalue weighted by Gasteiger charge is -2.09. The molecule has 1 aromatic carbocycles. The number of rotatable bonds is 4. The van der Waals surface area contributed by atoms with Crippen LogP contribution in [0.25, 0.3) is 0 Å². The Balaban J connectivity index is 1.67. The molecule has 3 rings (SSSR count). The lowest BCUT2D eigenvalue weighted by atomic mass is 10.1. The summed E-state index contributed by atoms with van der Waals surface area (Å²) in [4.78, 5) is 0. The van der Waals surface area contributed by atoms with Crippen molar-refractivity contribution in [2.24, 2.45) is 0 Å². The zero-order chi connectivity index (χ0) is 14.1. The van der Waals surface area contributed by atoms with Crippen LogP contribution in [0.5, 0.6) is 5.75 Å². The highest BCUT2D eigenvalue weighted by Gasteiger charge is 2.17. The van der Waals surface area contributed by atoms with E-state index in [0.717, 1.165) is 44.7 Å². The third kappa shape index (κ3) is 3.13. The summed E-state index contributed by atoms with van der Waals surface area (Å²) < 4.78 is 14.0. The molecule has 106 valence electrons. The predicted molar refractivity (Wildman–Crippen MR) is 88.0 cm³/mol. The van der Waals surface area contributed by atoms with Gasteiger partial charge >= 0.3 is 0 Å². The minimum atomic E-state index is 0.672. The molecule has 2 aromatic rings. The minimum Gasteiger partial charge on any atom is -0.493 e. The summed E-state index contributed by atoms with van der Waals surface area (Å²) in [6.45, 7) is 2.19. The zero-order valence-corrected chi connectivity index (χ0v) is 15.3. The lowest BCUT2D eigenvalue weighted by molar-refractivity contribution is 0.352. The van der Waals surface area contributed by atoms with Crippen LogP contribution >= 0.6 is 47.8 Å². The van der Waals surface area contributed by atoms with E-state index in [1.54, 1.807) is 0 Å². The number of benzene rings is 1. The van der Waals surface area contributed by atoms with Gasteiger partial charge in [-0.3, -0.25) is 0 Å². The van der Waals surface area contributed by atoms with Crippen molar-refractivity contribution in [3.8, 4) is 5.75 Å². The summed E-state index contributed by atoms with van der Waals surface area (Å²) in [6.07, 6.45) is 0.986. The number of hydrogen-bond donors (Lipinski definition) is 1. The van der Waals surface area contributed by atoms with E-state index in [0.29, 0.717) is 6.54 Å². The van der Waals surface area contributed by atoms with Gasteiger partial charge in [0.2, 0.25) is 0 Å². The Bertz CT molecular complexity index is 620. The number of hydrogen-bond acceptors (Lipinski definition) is 3. The number of furan rings is 1. The molecule has 3 nitrogen and oxygen atoms in total. The summed E-state index contributed by atoms with van der Waals surface area (Å²) in [5, 5.41) is 3.38. The maximum atomic E-state index is 5.71. The van der Waals surface area contributed by atoms with Gasteiger partial charge in [0.25, 0.3) is 0 Å². The molecule has 0 fully saturated rings. The molecule has 0 bridgehead atoms. The Hall–Kier alpha value is -0.300. The van der Waals surface area contributed by atoms with Crippen LogP contribution in [0.15, 0.2) is 36.2 Å². The standard InChI is InChI=1S/C14H12Br3NO2/c15-10-3-8-1-2-19-13(8)9(4-10)6-18-7-11-5-12(16)14(17)20-11/h3-5,18H,1-2,6-7H2. The molecule has 1 N–H and O–H groups in total. The molecule has 1 aromatic heterocycles. The lowest BCUT2D eigenvalue weighted by Crippen LogP contribution is -2.12. The van der Waals surface area contributed by atoms with Gasteiger partial charge in [0.15, 0.2) is 4.67 Å². The summed E-state index contributed by atoms with van der Waals surface area (Å²) in [5.41, 5.74) is 2.45. The third-order valence-electron chi connectivity index (χ3n) is 3.14. The molecule has 6 heteroatoms. The molecule has 0 unspecified atom stereocenters. The van der Waals surface area contributed by atoms with E-state index in [4.69, 9.17) is 9.15 Å². The number of fused-ring (bicyclic) bond motifs is 1. The van der Waals surface area contributed by atoms with Crippen molar-refractivity contribution in [1.82, 2.24) is 5.32 Å². The van der Waals surface area contributed by atoms with Crippen LogP contribution in [0, 0.1) is 0 Å². The number of ether oxygens (including phenoxy) is 1. The highest BCUT2D eigenvalue weighted by molar-refractivity contribution is 9.13. The molecule has 1 aliphatic rings. The first kappa shape index (κ1) is 14.6. The fourth-order valence-corrected chi connectivity index (χ4v) is 3.49. The third-order valence-corrected chi connectivity index (χ3v) is 5.30. The Labute approximate surface area is 142 Å². The molecule has 1 aliphatic heterocycles. The van der Waals surface area contributed by atoms with Gasteiger partial charge in [-0.2, -0.15) is 0 Å². The molecule has 0 spiro atoms. The van der Waals surface area contributed by atoms with E-state index in [9.17, 15) is 0 Å². The van der Waals surface area contributed by atoms with Crippen molar-refractivity contribution < 1.29 is 9.15 Å². The van der Waals surface area contributed by atoms with Crippen molar-refractivity contribution >= 4 is 47.8 Å². The number of nitrogens with one attached hydrogen (secondary N) is 1. The molecular weight excluding hydrogens is 454 g/mol. The van der Waals surface area contributed by atoms with E-state index in [-0.39, 0.29) is 0 Å². The molecule has 0 radical (unpaired) electrons. The van der Waals surface area contributed by atoms with Crippen LogP contribution in [0.1, 0.15) is 16.9 Å². The molecule has 2 heterocycles. The SMILES string of the molecule is Brc1cc2c(c(CNCc3cc(Br)c(Br)o3)c1)OCC2. The van der Waals surface area contributed by atoms with Crippen molar-refractivity contribution in [3.05, 3.63) is 48.7 Å². The topological polar surface area (TPSA) is 34.4 Å². The van der Waals surface area contributed by atoms with Gasteiger partial charge in [0, 0.05) is 23.0 Å². The van der Waals surface area contributed by atoms with Gasteiger partial charge < -0.3 is 14.5 Å². The van der Waals surface area contributed by atoms with E-state index >= 15 is 0 Å². The highest BCUT2D eigenvalue weighted by atomic mass is 79.9. The fraction of sp³-hybridized carbons (Fsp3) is 0.286. The predicted octanol–water partition coefficient (Wildman–Crippen LogP) is 4.79. The summed E-state index contributed by atoms with van der Waals surface area (Å²) in [6, 6.07) is 6.19. The average molecular weight is 466 g/mol. The maximum absolute atomic E-state index is 5.71. The molecule has 0 amide bonds. The van der Waals surface area contributed by atoms with E-state index in [1.807, 2.05) is 6.07 Å². The van der Waals surface area contributed by atoms with Gasteiger partial charge in [-0.25, -0.2) is 0 Å². The molecular formula is C14H12Br3NO2. The molecule has 0 saturated carbocycles. The van der Waals surface area contributed by atoms with E-state index in [1.165, 1.54) is 11.1 Å². The van der Waals surface area contributed by atoms with Gasteiger partial charge in [-0.15, -0.1) is 0 Å². The van der Waals surface area contributed by atoms with Gasteiger partial charge in [0.1, 0.15) is 11.5 Å². The first-order valence-corrected chi connectivity index (χ1v) is 8.60. The van der Waals surface area contributed by atoms with Crippen LogP contribution in [0.2, 0.25) is 0 Å². The van der Waals surface area contributed by atoms with Crippen molar-refractivity contribution in [2.75, 3.05) is 6.61 Å². The second-order valence-corrected chi connectivity index (χ2v) is 7.08. The summed E-state index contributed by atoms with van der Waals surface area (Å²) in [5.74, 6) is 1.92. The Morgan fingerprint density at radius 1 is 1.10 bits per heavy atom. The van der Waals surface area contributed by atoms with Gasteiger partial charge in [-0.05, 0) is 55.6 Å². The van der Waals surface area contributed by atoms with Gasteiger partial charge in [0.05, 0.1) is 17.6 Å². The Morgan fingerprint density at radius 2 is 1.95 bits per heavy atom. The maximum Gasteiger partial charge on any atom is 0.183 e. The van der Waals surface area contributed by atoms with E-state index in [2.05, 4.69) is 65.2 Å². The Kier molecular flexibility index (Phi) is 4.55. The number of halogens is 3. The zero-order valence-electron chi connectivity index (χ0n) is 10.5. The van der Waals surface area contributed by atoms with E-state index < -0.39 is 0 Å². The van der Waals surface area contributed by atoms with Crippen molar-refractivity contribution in [3.63, 3.8) is 0 Å². The first-order valence-electron chi connectivity index (χ1n) is 6.22. The first-order chi connectivity index (χ1) is 9.63. The average Bonchev–Trinajstić information content (AvgIpc) is 2.97. The minimum absolute atomic E-state index is 0.672. The normalized spacial score (nSPS) is 13.3. The van der Waals surface area contributed by atoms with Crippen LogP contribution in [-0.2, 0) is 19.5 Å². The van der Waals surface area contributed by atoms with Gasteiger partial charge in [-0.1, -0.05) is 15.9 Å². The fourth-order valence-electron chi connectivity index (χ4n) is 2.28. The second kappa shape index (κ2) is 6.22. The van der Waals surface area contributed by atoms with Crippen LogP contribution in [-0.4, -0.2) is 6.61 Å². The highest BCUT2D eigenvalue weighted by Crippen LogP contribution is 2.33. The van der Waals surface area contributed by atoms with Crippen LogP contribution in [0.4, 0.5) is 0 Å². The smallest absolute Gasteiger partial charge is 0.183 e. The largest absolute Gasteiger partial charge is 0.493 e. The van der Waals surface area contributed by atoms with Crippen molar-refractivity contribution in [2.45, 2.75) is 19.5 Å². The second-order valence-electron chi connectivity index (χ2n) is 4.59.